The summed E-state index contributed by atoms with van der Waals surface area (Å²) in [4.78, 5) is 14.0. The molecule has 1 rings (SSSR count). The molecule has 1 aliphatic rings. The van der Waals surface area contributed by atoms with Crippen molar-refractivity contribution in [3.05, 3.63) is 0 Å². The molecule has 19 heavy (non-hydrogen) atoms. The van der Waals surface area contributed by atoms with E-state index in [9.17, 15) is 4.79 Å². The lowest BCUT2D eigenvalue weighted by Crippen LogP contribution is -2.61. The lowest BCUT2D eigenvalue weighted by molar-refractivity contribution is -0.125. The molecule has 0 aliphatic carbocycles. The molecule has 0 aromatic carbocycles. The van der Waals surface area contributed by atoms with E-state index in [0.717, 1.165) is 32.5 Å². The molecule has 5 heteroatoms. The average Bonchev–Trinajstić information content (AvgIpc) is 2.38. The zero-order valence-corrected chi connectivity index (χ0v) is 12.7. The molecular weight excluding hydrogens is 242 g/mol. The molecule has 0 saturated carbocycles. The van der Waals surface area contributed by atoms with Crippen LogP contribution in [-0.2, 0) is 9.53 Å². The fourth-order valence-corrected chi connectivity index (χ4v) is 2.62. The fraction of sp³-hybridized carbons (Fsp3) is 0.929. The van der Waals surface area contributed by atoms with Crippen LogP contribution in [0.1, 0.15) is 33.6 Å². The molecular formula is C14H29N3O2. The summed E-state index contributed by atoms with van der Waals surface area (Å²) in [5.74, 6) is 0.290. The topological polar surface area (TPSA) is 67.6 Å². The van der Waals surface area contributed by atoms with E-state index in [4.69, 9.17) is 10.5 Å². The number of carbonyl (C=O) groups excluding carboxylic acids is 1. The van der Waals surface area contributed by atoms with Gasteiger partial charge in [0.25, 0.3) is 0 Å². The molecule has 3 atom stereocenters. The SMILES string of the molecule is CCCNC(C)(CN1CCC(C)C(OC)C1)C(N)=O. The van der Waals surface area contributed by atoms with Crippen molar-refractivity contribution in [3.8, 4) is 0 Å². The summed E-state index contributed by atoms with van der Waals surface area (Å²) in [6.07, 6.45) is 2.33. The van der Waals surface area contributed by atoms with Gasteiger partial charge in [0.2, 0.25) is 5.91 Å². The number of piperidine rings is 1. The number of rotatable bonds is 7. The van der Waals surface area contributed by atoms with Crippen molar-refractivity contribution in [2.24, 2.45) is 11.7 Å². The van der Waals surface area contributed by atoms with Crippen LogP contribution in [0.2, 0.25) is 0 Å². The molecule has 3 unspecified atom stereocenters. The predicted octanol–water partition coefficient (Wildman–Crippen LogP) is 0.587. The van der Waals surface area contributed by atoms with E-state index in [-0.39, 0.29) is 12.0 Å². The Morgan fingerprint density at radius 2 is 2.26 bits per heavy atom. The van der Waals surface area contributed by atoms with E-state index in [2.05, 4.69) is 24.1 Å². The van der Waals surface area contributed by atoms with Crippen LogP contribution in [0.5, 0.6) is 0 Å². The molecule has 0 aromatic heterocycles. The van der Waals surface area contributed by atoms with Crippen LogP contribution >= 0.6 is 0 Å². The normalized spacial score (nSPS) is 28.0. The molecule has 5 nitrogen and oxygen atoms in total. The number of nitrogens with one attached hydrogen (secondary N) is 1. The lowest BCUT2D eigenvalue weighted by atomic mass is 9.93. The molecule has 1 saturated heterocycles. The number of nitrogens with zero attached hydrogens (tertiary/aromatic N) is 1. The van der Waals surface area contributed by atoms with Crippen molar-refractivity contribution in [3.63, 3.8) is 0 Å². The highest BCUT2D eigenvalue weighted by Crippen LogP contribution is 2.21. The van der Waals surface area contributed by atoms with Crippen LogP contribution < -0.4 is 11.1 Å². The minimum Gasteiger partial charge on any atom is -0.380 e. The van der Waals surface area contributed by atoms with Gasteiger partial charge >= 0.3 is 0 Å². The summed E-state index contributed by atoms with van der Waals surface area (Å²) >= 11 is 0. The Morgan fingerprint density at radius 1 is 1.58 bits per heavy atom. The third-order valence-electron chi connectivity index (χ3n) is 4.13. The number of hydrogen-bond acceptors (Lipinski definition) is 4. The van der Waals surface area contributed by atoms with Gasteiger partial charge < -0.3 is 15.8 Å². The van der Waals surface area contributed by atoms with Crippen LogP contribution in [0.3, 0.4) is 0 Å². The predicted molar refractivity (Wildman–Crippen MR) is 76.9 cm³/mol. The maximum atomic E-state index is 11.7. The van der Waals surface area contributed by atoms with Crippen LogP contribution in [-0.4, -0.2) is 55.7 Å². The molecule has 0 spiro atoms. The van der Waals surface area contributed by atoms with E-state index < -0.39 is 5.54 Å². The molecule has 1 aliphatic heterocycles. The Bertz CT molecular complexity index is 298. The highest BCUT2D eigenvalue weighted by molar-refractivity contribution is 5.84. The molecule has 0 aromatic rings. The zero-order valence-electron chi connectivity index (χ0n) is 12.7. The van der Waals surface area contributed by atoms with Crippen molar-refractivity contribution >= 4 is 5.91 Å². The maximum Gasteiger partial charge on any atom is 0.238 e. The third kappa shape index (κ3) is 4.44. The first-order valence-electron chi connectivity index (χ1n) is 7.23. The number of amides is 1. The van der Waals surface area contributed by atoms with Crippen molar-refractivity contribution < 1.29 is 9.53 Å². The number of hydrogen-bond donors (Lipinski definition) is 2. The maximum absolute atomic E-state index is 11.7. The highest BCUT2D eigenvalue weighted by atomic mass is 16.5. The second-order valence-electron chi connectivity index (χ2n) is 5.90. The number of ether oxygens (including phenoxy) is 1. The first-order valence-corrected chi connectivity index (χ1v) is 7.23. The summed E-state index contributed by atoms with van der Waals surface area (Å²) in [6, 6.07) is 0. The monoisotopic (exact) mass is 271 g/mol. The largest absolute Gasteiger partial charge is 0.380 e. The van der Waals surface area contributed by atoms with Crippen LogP contribution in [0.15, 0.2) is 0 Å². The van der Waals surface area contributed by atoms with Crippen molar-refractivity contribution in [1.29, 1.82) is 0 Å². The first kappa shape index (κ1) is 16.4. The van der Waals surface area contributed by atoms with Crippen LogP contribution in [0.4, 0.5) is 0 Å². The molecule has 1 amide bonds. The van der Waals surface area contributed by atoms with Crippen LogP contribution in [0, 0.1) is 5.92 Å². The minimum absolute atomic E-state index is 0.247. The van der Waals surface area contributed by atoms with Gasteiger partial charge in [-0.2, -0.15) is 0 Å². The smallest absolute Gasteiger partial charge is 0.238 e. The van der Waals surface area contributed by atoms with Gasteiger partial charge in [-0.15, -0.1) is 0 Å². The summed E-state index contributed by atoms with van der Waals surface area (Å²) in [5, 5.41) is 3.28. The van der Waals surface area contributed by atoms with Crippen LogP contribution in [0.25, 0.3) is 0 Å². The Balaban J connectivity index is 2.61. The van der Waals surface area contributed by atoms with Gasteiger partial charge in [0.1, 0.15) is 5.54 Å². The number of nitrogens with two attached hydrogens (primary N) is 1. The number of methoxy groups -OCH3 is 1. The molecule has 112 valence electrons. The summed E-state index contributed by atoms with van der Waals surface area (Å²) in [5.41, 5.74) is 4.91. The average molecular weight is 271 g/mol. The van der Waals surface area contributed by atoms with Crippen molar-refractivity contribution in [2.45, 2.75) is 45.3 Å². The minimum atomic E-state index is -0.658. The van der Waals surface area contributed by atoms with E-state index >= 15 is 0 Å². The summed E-state index contributed by atoms with van der Waals surface area (Å²) < 4.78 is 5.51. The van der Waals surface area contributed by atoms with Crippen molar-refractivity contribution in [1.82, 2.24) is 10.2 Å². The second kappa shape index (κ2) is 7.22. The number of likely N-dealkylation sites (tertiary alicyclic amines) is 1. The first-order chi connectivity index (χ1) is 8.92. The van der Waals surface area contributed by atoms with Gasteiger partial charge in [-0.1, -0.05) is 13.8 Å². The quantitative estimate of drug-likeness (QED) is 0.711. The molecule has 1 heterocycles. The standard InChI is InChI=1S/C14H29N3O2/c1-5-7-16-14(3,13(15)18)10-17-8-6-11(2)12(9-17)19-4/h11-12,16H,5-10H2,1-4H3,(H2,15,18). The molecule has 0 bridgehead atoms. The lowest BCUT2D eigenvalue weighted by Gasteiger charge is -2.40. The van der Waals surface area contributed by atoms with Crippen molar-refractivity contribution in [2.75, 3.05) is 33.3 Å². The van der Waals surface area contributed by atoms with Gasteiger partial charge in [0.05, 0.1) is 6.10 Å². The Kier molecular flexibility index (Phi) is 6.23. The van der Waals surface area contributed by atoms with E-state index in [1.54, 1.807) is 7.11 Å². The molecule has 3 N–H and O–H groups in total. The summed E-state index contributed by atoms with van der Waals surface area (Å²) in [7, 11) is 1.76. The zero-order chi connectivity index (χ0) is 14.5. The second-order valence-corrected chi connectivity index (χ2v) is 5.90. The van der Waals surface area contributed by atoms with E-state index in [1.165, 1.54) is 0 Å². The van der Waals surface area contributed by atoms with E-state index in [0.29, 0.717) is 12.5 Å². The Morgan fingerprint density at radius 3 is 2.79 bits per heavy atom. The van der Waals surface area contributed by atoms with Gasteiger partial charge in [-0.3, -0.25) is 9.69 Å². The van der Waals surface area contributed by atoms with Gasteiger partial charge in [-0.05, 0) is 38.8 Å². The highest BCUT2D eigenvalue weighted by Gasteiger charge is 2.35. The number of carbonyl (C=O) groups is 1. The Labute approximate surface area is 116 Å². The number of primary amides is 1. The van der Waals surface area contributed by atoms with Gasteiger partial charge in [0.15, 0.2) is 0 Å². The van der Waals surface area contributed by atoms with Gasteiger partial charge in [-0.25, -0.2) is 0 Å². The van der Waals surface area contributed by atoms with E-state index in [1.807, 2.05) is 6.92 Å². The van der Waals surface area contributed by atoms with Gasteiger partial charge in [0, 0.05) is 20.2 Å². The molecule has 0 radical (unpaired) electrons. The fourth-order valence-electron chi connectivity index (χ4n) is 2.62. The third-order valence-corrected chi connectivity index (χ3v) is 4.13. The Hall–Kier alpha value is -0.650. The molecule has 1 fully saturated rings. The summed E-state index contributed by atoms with van der Waals surface area (Å²) in [6.45, 7) is 9.51.